The third-order valence-corrected chi connectivity index (χ3v) is 4.21. The van der Waals surface area contributed by atoms with Crippen molar-refractivity contribution in [3.8, 4) is 12.3 Å². The molecular weight excluding hydrogens is 312 g/mol. The van der Waals surface area contributed by atoms with Crippen molar-refractivity contribution in [2.24, 2.45) is 0 Å². The van der Waals surface area contributed by atoms with Crippen molar-refractivity contribution in [2.75, 3.05) is 0 Å². The lowest BCUT2D eigenvalue weighted by molar-refractivity contribution is 0.0909. The second-order valence-corrected chi connectivity index (χ2v) is 6.63. The van der Waals surface area contributed by atoms with Gasteiger partial charge in [0.05, 0.1) is 5.54 Å². The third-order valence-electron chi connectivity index (χ3n) is 4.21. The standard InChI is InChI=1S/C20H20N4O/c1-6-15-8-7-9-16(11-15)20(4,5)23-19(25)17-18-22-13(2)10-14(3)24(18)12-21-17/h1,7-12H,2-5H3,(H,23,25). The number of hydrogen-bond donors (Lipinski definition) is 1. The number of nitrogens with zero attached hydrogens (tertiary/aromatic N) is 3. The van der Waals surface area contributed by atoms with Crippen molar-refractivity contribution < 1.29 is 4.79 Å². The summed E-state index contributed by atoms with van der Waals surface area (Å²) >= 11 is 0. The molecule has 0 radical (unpaired) electrons. The highest BCUT2D eigenvalue weighted by molar-refractivity contribution is 5.98. The number of imidazole rings is 1. The van der Waals surface area contributed by atoms with E-state index < -0.39 is 5.54 Å². The van der Waals surface area contributed by atoms with Crippen LogP contribution in [0.25, 0.3) is 5.65 Å². The van der Waals surface area contributed by atoms with E-state index in [1.54, 1.807) is 6.33 Å². The Morgan fingerprint density at radius 2 is 2.04 bits per heavy atom. The van der Waals surface area contributed by atoms with Crippen molar-refractivity contribution >= 4 is 11.6 Å². The van der Waals surface area contributed by atoms with Gasteiger partial charge < -0.3 is 5.32 Å². The minimum atomic E-state index is -0.598. The maximum absolute atomic E-state index is 12.8. The summed E-state index contributed by atoms with van der Waals surface area (Å²) in [6.07, 6.45) is 7.10. The lowest BCUT2D eigenvalue weighted by atomic mass is 9.92. The molecule has 1 N–H and O–H groups in total. The molecule has 0 spiro atoms. The summed E-state index contributed by atoms with van der Waals surface area (Å²) in [5.41, 5.74) is 3.81. The Labute approximate surface area is 147 Å². The Morgan fingerprint density at radius 3 is 2.76 bits per heavy atom. The molecule has 5 nitrogen and oxygen atoms in total. The van der Waals surface area contributed by atoms with E-state index in [-0.39, 0.29) is 5.91 Å². The van der Waals surface area contributed by atoms with Gasteiger partial charge in [-0.2, -0.15) is 0 Å². The Hall–Kier alpha value is -3.13. The van der Waals surface area contributed by atoms with E-state index in [2.05, 4.69) is 21.2 Å². The minimum absolute atomic E-state index is 0.267. The number of fused-ring (bicyclic) bond motifs is 1. The fourth-order valence-corrected chi connectivity index (χ4v) is 2.85. The monoisotopic (exact) mass is 332 g/mol. The summed E-state index contributed by atoms with van der Waals surface area (Å²) < 4.78 is 1.81. The zero-order valence-electron chi connectivity index (χ0n) is 14.8. The maximum atomic E-state index is 12.8. The molecule has 0 saturated heterocycles. The second kappa shape index (κ2) is 6.06. The van der Waals surface area contributed by atoms with E-state index >= 15 is 0 Å². The van der Waals surface area contributed by atoms with E-state index in [4.69, 9.17) is 6.42 Å². The minimum Gasteiger partial charge on any atom is -0.342 e. The first-order valence-corrected chi connectivity index (χ1v) is 8.03. The smallest absolute Gasteiger partial charge is 0.274 e. The molecule has 1 aromatic carbocycles. The topological polar surface area (TPSA) is 59.3 Å². The molecule has 0 aliphatic carbocycles. The molecule has 2 heterocycles. The molecular formula is C20H20N4O. The molecule has 0 unspecified atom stereocenters. The van der Waals surface area contributed by atoms with Crippen LogP contribution >= 0.6 is 0 Å². The Balaban J connectivity index is 1.95. The SMILES string of the molecule is C#Cc1cccc(C(C)(C)NC(=O)c2ncn3c(C)cc(C)nc23)c1. The average Bonchev–Trinajstić information content (AvgIpc) is 2.98. The average molecular weight is 332 g/mol. The molecule has 0 fully saturated rings. The third kappa shape index (κ3) is 3.11. The van der Waals surface area contributed by atoms with Crippen molar-refractivity contribution in [2.45, 2.75) is 33.2 Å². The Kier molecular flexibility index (Phi) is 4.05. The van der Waals surface area contributed by atoms with E-state index in [0.29, 0.717) is 11.3 Å². The summed E-state index contributed by atoms with van der Waals surface area (Å²) in [7, 11) is 0. The predicted molar refractivity (Wildman–Crippen MR) is 97.3 cm³/mol. The molecule has 2 aromatic heterocycles. The van der Waals surface area contributed by atoms with Gasteiger partial charge in [-0.15, -0.1) is 6.42 Å². The van der Waals surface area contributed by atoms with E-state index in [0.717, 1.165) is 22.5 Å². The first-order valence-electron chi connectivity index (χ1n) is 8.03. The number of terminal acetylenes is 1. The number of aromatic nitrogens is 3. The summed E-state index contributed by atoms with van der Waals surface area (Å²) in [5.74, 6) is 2.35. The molecule has 0 saturated carbocycles. The lowest BCUT2D eigenvalue weighted by Crippen LogP contribution is -2.41. The molecule has 5 heteroatoms. The number of rotatable bonds is 3. The van der Waals surface area contributed by atoms with Gasteiger partial charge in [0.2, 0.25) is 0 Å². The second-order valence-electron chi connectivity index (χ2n) is 6.63. The van der Waals surface area contributed by atoms with Gasteiger partial charge in [-0.1, -0.05) is 18.1 Å². The van der Waals surface area contributed by atoms with E-state index in [9.17, 15) is 4.79 Å². The lowest BCUT2D eigenvalue weighted by Gasteiger charge is -2.26. The number of aryl methyl sites for hydroxylation is 2. The molecule has 0 aliphatic rings. The van der Waals surface area contributed by atoms with Crippen LogP contribution in [0.3, 0.4) is 0 Å². The zero-order chi connectivity index (χ0) is 18.2. The molecule has 25 heavy (non-hydrogen) atoms. The van der Waals surface area contributed by atoms with Crippen molar-refractivity contribution in [1.82, 2.24) is 19.7 Å². The van der Waals surface area contributed by atoms with Gasteiger partial charge in [0.25, 0.3) is 5.91 Å². The number of benzene rings is 1. The Bertz CT molecular complexity index is 1010. The molecule has 0 atom stereocenters. The highest BCUT2D eigenvalue weighted by Gasteiger charge is 2.26. The number of carbonyl (C=O) groups is 1. The first kappa shape index (κ1) is 16.7. The van der Waals surface area contributed by atoms with Crippen LogP contribution in [0.4, 0.5) is 0 Å². The molecule has 0 bridgehead atoms. The quantitative estimate of drug-likeness (QED) is 0.750. The summed E-state index contributed by atoms with van der Waals surface area (Å²) in [5, 5.41) is 3.03. The number of nitrogens with one attached hydrogen (secondary N) is 1. The Morgan fingerprint density at radius 1 is 1.28 bits per heavy atom. The van der Waals surface area contributed by atoms with Crippen LogP contribution in [0, 0.1) is 26.2 Å². The van der Waals surface area contributed by atoms with Gasteiger partial charge in [-0.05, 0) is 51.5 Å². The van der Waals surface area contributed by atoms with Gasteiger partial charge in [0.1, 0.15) is 6.33 Å². The highest BCUT2D eigenvalue weighted by atomic mass is 16.2. The van der Waals surface area contributed by atoms with E-state index in [1.165, 1.54) is 0 Å². The zero-order valence-corrected chi connectivity index (χ0v) is 14.8. The van der Waals surface area contributed by atoms with Gasteiger partial charge >= 0.3 is 0 Å². The van der Waals surface area contributed by atoms with E-state index in [1.807, 2.05) is 62.4 Å². The van der Waals surface area contributed by atoms with Crippen LogP contribution < -0.4 is 5.32 Å². The van der Waals surface area contributed by atoms with Crippen LogP contribution in [-0.2, 0) is 5.54 Å². The van der Waals surface area contributed by atoms with Crippen LogP contribution in [-0.4, -0.2) is 20.3 Å². The van der Waals surface area contributed by atoms with Crippen LogP contribution in [0.15, 0.2) is 36.7 Å². The summed E-state index contributed by atoms with van der Waals surface area (Å²) in [4.78, 5) is 21.5. The largest absolute Gasteiger partial charge is 0.342 e. The molecule has 3 aromatic rings. The molecule has 3 rings (SSSR count). The fraction of sp³-hybridized carbons (Fsp3) is 0.250. The molecule has 0 aliphatic heterocycles. The normalized spacial score (nSPS) is 11.3. The number of amides is 1. The highest BCUT2D eigenvalue weighted by Crippen LogP contribution is 2.22. The first-order chi connectivity index (χ1) is 11.8. The van der Waals surface area contributed by atoms with Crippen LogP contribution in [0.1, 0.15) is 46.9 Å². The van der Waals surface area contributed by atoms with Crippen LogP contribution in [0.2, 0.25) is 0 Å². The van der Waals surface area contributed by atoms with Gasteiger partial charge in [-0.3, -0.25) is 9.20 Å². The fourth-order valence-electron chi connectivity index (χ4n) is 2.85. The van der Waals surface area contributed by atoms with Gasteiger partial charge in [0.15, 0.2) is 11.3 Å². The van der Waals surface area contributed by atoms with Crippen LogP contribution in [0.5, 0.6) is 0 Å². The predicted octanol–water partition coefficient (Wildman–Crippen LogP) is 2.99. The molecule has 1 amide bonds. The molecule has 126 valence electrons. The summed E-state index contributed by atoms with van der Waals surface area (Å²) in [6, 6.07) is 9.54. The van der Waals surface area contributed by atoms with Gasteiger partial charge in [-0.25, -0.2) is 9.97 Å². The number of carbonyl (C=O) groups excluding carboxylic acids is 1. The number of hydrogen-bond acceptors (Lipinski definition) is 3. The van der Waals surface area contributed by atoms with Crippen molar-refractivity contribution in [3.63, 3.8) is 0 Å². The maximum Gasteiger partial charge on any atom is 0.274 e. The van der Waals surface area contributed by atoms with Gasteiger partial charge in [0, 0.05) is 17.0 Å². The summed E-state index contributed by atoms with van der Waals surface area (Å²) in [6.45, 7) is 7.72. The van der Waals surface area contributed by atoms with Crippen molar-refractivity contribution in [3.05, 3.63) is 64.9 Å². The van der Waals surface area contributed by atoms with Crippen molar-refractivity contribution in [1.29, 1.82) is 0 Å².